The summed E-state index contributed by atoms with van der Waals surface area (Å²) in [5.41, 5.74) is 0. The molecule has 0 bridgehead atoms. The molecule has 1 rings (SSSR count). The molecule has 0 saturated carbocycles. The molecule has 1 aromatic rings. The molecule has 0 aliphatic heterocycles. The van der Waals surface area contributed by atoms with Gasteiger partial charge in [0, 0.05) is 12.8 Å². The zero-order chi connectivity index (χ0) is 9.52. The van der Waals surface area contributed by atoms with E-state index in [0.717, 1.165) is 6.42 Å². The van der Waals surface area contributed by atoms with Crippen molar-refractivity contribution in [3.63, 3.8) is 0 Å². The van der Waals surface area contributed by atoms with Crippen LogP contribution in [-0.4, -0.2) is 17.6 Å². The number of ether oxygens (including phenoxy) is 1. The Morgan fingerprint density at radius 3 is 3.15 bits per heavy atom. The molecular weight excluding hydrogens is 170 g/mol. The Kier molecular flexibility index (Phi) is 4.02. The average molecular weight is 183 g/mol. The van der Waals surface area contributed by atoms with Crippen LogP contribution < -0.4 is 0 Å². The monoisotopic (exact) mass is 183 g/mol. The first-order valence-electron chi connectivity index (χ1n) is 4.37. The van der Waals surface area contributed by atoms with Gasteiger partial charge < -0.3 is 9.15 Å². The number of rotatable bonds is 5. The topological polar surface area (TPSA) is 52.3 Å². The lowest BCUT2D eigenvalue weighted by Crippen LogP contribution is -2.03. The predicted molar refractivity (Wildman–Crippen MR) is 46.1 cm³/mol. The smallest absolute Gasteiger partial charge is 0.305 e. The fourth-order valence-electron chi connectivity index (χ4n) is 0.994. The van der Waals surface area contributed by atoms with Gasteiger partial charge in [0.15, 0.2) is 5.89 Å². The summed E-state index contributed by atoms with van der Waals surface area (Å²) in [5, 5.41) is 0. The van der Waals surface area contributed by atoms with E-state index in [1.807, 2.05) is 0 Å². The van der Waals surface area contributed by atoms with Crippen molar-refractivity contribution in [2.24, 2.45) is 0 Å². The van der Waals surface area contributed by atoms with Crippen LogP contribution in [0.4, 0.5) is 0 Å². The van der Waals surface area contributed by atoms with E-state index >= 15 is 0 Å². The average Bonchev–Trinajstić information content (AvgIpc) is 2.57. The van der Waals surface area contributed by atoms with Crippen LogP contribution in [0.15, 0.2) is 16.9 Å². The van der Waals surface area contributed by atoms with Crippen LogP contribution in [0.1, 0.15) is 25.7 Å². The van der Waals surface area contributed by atoms with Crippen molar-refractivity contribution in [2.45, 2.75) is 26.2 Å². The molecule has 0 aliphatic rings. The maximum atomic E-state index is 10.9. The van der Waals surface area contributed by atoms with E-state index in [1.54, 1.807) is 13.1 Å². The maximum Gasteiger partial charge on any atom is 0.305 e. The third-order valence-corrected chi connectivity index (χ3v) is 1.56. The number of carbonyl (C=O) groups is 1. The van der Waals surface area contributed by atoms with Gasteiger partial charge in [-0.1, -0.05) is 0 Å². The summed E-state index contributed by atoms with van der Waals surface area (Å²) in [6.07, 6.45) is 4.96. The third-order valence-electron chi connectivity index (χ3n) is 1.56. The van der Waals surface area contributed by atoms with Crippen molar-refractivity contribution in [3.05, 3.63) is 18.4 Å². The third kappa shape index (κ3) is 3.73. The van der Waals surface area contributed by atoms with Gasteiger partial charge in [0.2, 0.25) is 0 Å². The Morgan fingerprint density at radius 2 is 2.54 bits per heavy atom. The van der Waals surface area contributed by atoms with Crippen LogP contribution >= 0.6 is 0 Å². The molecule has 0 spiro atoms. The molecule has 0 unspecified atom stereocenters. The second-order valence-corrected chi connectivity index (χ2v) is 2.58. The molecule has 1 aromatic heterocycles. The standard InChI is InChI=1S/C9H13NO3/c1-2-12-9(11)5-3-4-8-10-6-7-13-8/h6-7H,2-5H2,1H3. The van der Waals surface area contributed by atoms with Gasteiger partial charge in [-0.05, 0) is 13.3 Å². The molecule has 1 heterocycles. The largest absolute Gasteiger partial charge is 0.466 e. The molecule has 0 saturated heterocycles. The molecule has 0 atom stereocenters. The highest BCUT2D eigenvalue weighted by molar-refractivity contribution is 5.69. The van der Waals surface area contributed by atoms with E-state index in [2.05, 4.69) is 4.98 Å². The van der Waals surface area contributed by atoms with Crippen molar-refractivity contribution >= 4 is 5.97 Å². The number of oxazole rings is 1. The van der Waals surface area contributed by atoms with E-state index in [-0.39, 0.29) is 5.97 Å². The minimum Gasteiger partial charge on any atom is -0.466 e. The first-order valence-corrected chi connectivity index (χ1v) is 4.37. The Balaban J connectivity index is 2.11. The molecule has 0 fully saturated rings. The molecule has 13 heavy (non-hydrogen) atoms. The summed E-state index contributed by atoms with van der Waals surface area (Å²) >= 11 is 0. The first kappa shape index (κ1) is 9.77. The van der Waals surface area contributed by atoms with Gasteiger partial charge in [0.05, 0.1) is 12.8 Å². The lowest BCUT2D eigenvalue weighted by Gasteiger charge is -1.99. The lowest BCUT2D eigenvalue weighted by atomic mass is 10.2. The molecule has 72 valence electrons. The highest BCUT2D eigenvalue weighted by Gasteiger charge is 2.03. The molecular formula is C9H13NO3. The Labute approximate surface area is 76.9 Å². The second kappa shape index (κ2) is 5.35. The predicted octanol–water partition coefficient (Wildman–Crippen LogP) is 1.56. The Hall–Kier alpha value is -1.32. The number of aromatic nitrogens is 1. The minimum atomic E-state index is -0.158. The summed E-state index contributed by atoms with van der Waals surface area (Å²) in [5.74, 6) is 0.512. The van der Waals surface area contributed by atoms with Crippen LogP contribution in [0.2, 0.25) is 0 Å². The Bertz CT molecular complexity index is 243. The quantitative estimate of drug-likeness (QED) is 0.650. The zero-order valence-electron chi connectivity index (χ0n) is 7.66. The number of hydrogen-bond acceptors (Lipinski definition) is 4. The maximum absolute atomic E-state index is 10.9. The summed E-state index contributed by atoms with van der Waals surface area (Å²) in [7, 11) is 0. The van der Waals surface area contributed by atoms with Crippen LogP contribution in [0.25, 0.3) is 0 Å². The molecule has 4 nitrogen and oxygen atoms in total. The van der Waals surface area contributed by atoms with Gasteiger partial charge in [0.1, 0.15) is 6.26 Å². The molecule has 0 amide bonds. The fraction of sp³-hybridized carbons (Fsp3) is 0.556. The fourth-order valence-corrected chi connectivity index (χ4v) is 0.994. The minimum absolute atomic E-state index is 0.158. The SMILES string of the molecule is CCOC(=O)CCCc1ncco1. The normalized spacial score (nSPS) is 9.92. The highest BCUT2D eigenvalue weighted by atomic mass is 16.5. The number of carbonyl (C=O) groups excluding carboxylic acids is 1. The van der Waals surface area contributed by atoms with Crippen LogP contribution in [0.5, 0.6) is 0 Å². The summed E-state index contributed by atoms with van der Waals surface area (Å²) in [4.78, 5) is 14.8. The number of nitrogens with zero attached hydrogens (tertiary/aromatic N) is 1. The molecule has 0 radical (unpaired) electrons. The number of esters is 1. The van der Waals surface area contributed by atoms with Gasteiger partial charge in [-0.3, -0.25) is 4.79 Å². The lowest BCUT2D eigenvalue weighted by molar-refractivity contribution is -0.143. The number of aryl methyl sites for hydroxylation is 1. The summed E-state index contributed by atoms with van der Waals surface area (Å²) in [6, 6.07) is 0. The van der Waals surface area contributed by atoms with Crippen molar-refractivity contribution in [1.82, 2.24) is 4.98 Å². The van der Waals surface area contributed by atoms with Crippen molar-refractivity contribution in [3.8, 4) is 0 Å². The van der Waals surface area contributed by atoms with E-state index in [0.29, 0.717) is 25.3 Å². The summed E-state index contributed by atoms with van der Waals surface area (Å²) in [6.45, 7) is 2.24. The zero-order valence-corrected chi connectivity index (χ0v) is 7.66. The first-order chi connectivity index (χ1) is 6.33. The number of hydrogen-bond donors (Lipinski definition) is 0. The molecule has 0 N–H and O–H groups in total. The van der Waals surface area contributed by atoms with Crippen molar-refractivity contribution in [1.29, 1.82) is 0 Å². The van der Waals surface area contributed by atoms with E-state index in [4.69, 9.17) is 9.15 Å². The van der Waals surface area contributed by atoms with E-state index in [9.17, 15) is 4.79 Å². The van der Waals surface area contributed by atoms with E-state index < -0.39 is 0 Å². The van der Waals surface area contributed by atoms with Gasteiger partial charge in [-0.25, -0.2) is 4.98 Å². The molecule has 0 aliphatic carbocycles. The van der Waals surface area contributed by atoms with Gasteiger partial charge in [0.25, 0.3) is 0 Å². The molecule has 4 heteroatoms. The highest BCUT2D eigenvalue weighted by Crippen LogP contribution is 2.02. The molecule has 0 aromatic carbocycles. The van der Waals surface area contributed by atoms with Gasteiger partial charge in [-0.2, -0.15) is 0 Å². The van der Waals surface area contributed by atoms with Crippen LogP contribution in [0, 0.1) is 0 Å². The Morgan fingerprint density at radius 1 is 1.69 bits per heavy atom. The van der Waals surface area contributed by atoms with Crippen molar-refractivity contribution in [2.75, 3.05) is 6.61 Å². The van der Waals surface area contributed by atoms with Crippen LogP contribution in [-0.2, 0) is 16.0 Å². The summed E-state index contributed by atoms with van der Waals surface area (Å²) < 4.78 is 9.78. The van der Waals surface area contributed by atoms with Gasteiger partial charge >= 0.3 is 5.97 Å². The van der Waals surface area contributed by atoms with Crippen molar-refractivity contribution < 1.29 is 13.9 Å². The van der Waals surface area contributed by atoms with E-state index in [1.165, 1.54) is 6.26 Å². The van der Waals surface area contributed by atoms with Crippen LogP contribution in [0.3, 0.4) is 0 Å². The van der Waals surface area contributed by atoms with Gasteiger partial charge in [-0.15, -0.1) is 0 Å². The second-order valence-electron chi connectivity index (χ2n) is 2.58.